The van der Waals surface area contributed by atoms with Crippen molar-refractivity contribution in [3.63, 3.8) is 0 Å². The molecule has 0 bridgehead atoms. The molecule has 2 amide bonds. The zero-order valence-electron chi connectivity index (χ0n) is 20.0. The summed E-state index contributed by atoms with van der Waals surface area (Å²) >= 11 is 6.30. The van der Waals surface area contributed by atoms with Crippen molar-refractivity contribution >= 4 is 35.1 Å². The molecule has 2 heterocycles. The van der Waals surface area contributed by atoms with E-state index in [2.05, 4.69) is 20.7 Å². The molecule has 2 aromatic carbocycles. The van der Waals surface area contributed by atoms with Crippen molar-refractivity contribution in [2.24, 2.45) is 0 Å². The Morgan fingerprint density at radius 3 is 2.51 bits per heavy atom. The summed E-state index contributed by atoms with van der Waals surface area (Å²) in [5.74, 6) is -1.43. The van der Waals surface area contributed by atoms with Gasteiger partial charge in [-0.15, -0.1) is 0 Å². The predicted octanol–water partition coefficient (Wildman–Crippen LogP) is 4.06. The van der Waals surface area contributed by atoms with Crippen LogP contribution in [-0.2, 0) is 0 Å². The first-order chi connectivity index (χ1) is 17.5. The van der Waals surface area contributed by atoms with Crippen LogP contribution < -0.4 is 16.4 Å². The Morgan fingerprint density at radius 2 is 1.81 bits per heavy atom. The van der Waals surface area contributed by atoms with Crippen LogP contribution in [0.1, 0.15) is 34.7 Å². The molecule has 0 saturated carbocycles. The average Bonchev–Trinajstić information content (AvgIpc) is 3.28. The van der Waals surface area contributed by atoms with E-state index < -0.39 is 23.2 Å². The number of carbonyl (C=O) groups excluding carboxylic acids is 2. The first kappa shape index (κ1) is 25.8. The third-order valence-electron chi connectivity index (χ3n) is 5.22. The second-order valence-electron chi connectivity index (χ2n) is 8.87. The molecule has 4 rings (SSSR count). The van der Waals surface area contributed by atoms with Gasteiger partial charge >= 0.3 is 0 Å². The van der Waals surface area contributed by atoms with E-state index in [1.54, 1.807) is 38.1 Å². The number of halogens is 2. The molecule has 190 valence electrons. The summed E-state index contributed by atoms with van der Waals surface area (Å²) in [6.45, 7) is 3.12. The molecule has 9 nitrogen and oxygen atoms in total. The van der Waals surface area contributed by atoms with Gasteiger partial charge in [-0.2, -0.15) is 5.10 Å². The number of pyridine rings is 1. The van der Waals surface area contributed by atoms with Crippen molar-refractivity contribution in [3.8, 4) is 16.9 Å². The van der Waals surface area contributed by atoms with Crippen LogP contribution >= 0.6 is 11.6 Å². The van der Waals surface area contributed by atoms with E-state index in [9.17, 15) is 19.1 Å². The van der Waals surface area contributed by atoms with Crippen LogP contribution in [0.15, 0.2) is 66.7 Å². The smallest absolute Gasteiger partial charge is 0.271 e. The van der Waals surface area contributed by atoms with Crippen LogP contribution in [0.4, 0.5) is 16.0 Å². The second kappa shape index (κ2) is 10.4. The number of rotatable bonds is 7. The summed E-state index contributed by atoms with van der Waals surface area (Å²) in [5, 5.41) is 19.7. The van der Waals surface area contributed by atoms with E-state index in [4.69, 9.17) is 17.3 Å². The number of hydrogen-bond donors (Lipinski definition) is 4. The maximum absolute atomic E-state index is 14.4. The lowest BCUT2D eigenvalue weighted by molar-refractivity contribution is 0.0691. The molecule has 11 heteroatoms. The largest absolute Gasteiger partial charge is 0.389 e. The van der Waals surface area contributed by atoms with Gasteiger partial charge in [0.15, 0.2) is 5.69 Å². The number of nitrogen functional groups attached to an aromatic ring is 1. The highest BCUT2D eigenvalue weighted by molar-refractivity contribution is 6.34. The van der Waals surface area contributed by atoms with E-state index in [1.165, 1.54) is 41.1 Å². The molecule has 0 saturated heterocycles. The van der Waals surface area contributed by atoms with Gasteiger partial charge in [0.2, 0.25) is 0 Å². The number of anilines is 2. The van der Waals surface area contributed by atoms with Crippen molar-refractivity contribution in [2.45, 2.75) is 19.4 Å². The van der Waals surface area contributed by atoms with E-state index in [-0.39, 0.29) is 40.2 Å². The summed E-state index contributed by atoms with van der Waals surface area (Å²) < 4.78 is 15.8. The minimum Gasteiger partial charge on any atom is -0.389 e. The number of nitrogens with two attached hydrogens (primary N) is 1. The number of carbonyl (C=O) groups is 2. The molecule has 37 heavy (non-hydrogen) atoms. The Hall–Kier alpha value is -4.28. The number of benzene rings is 2. The quantitative estimate of drug-likeness (QED) is 0.289. The minimum absolute atomic E-state index is 0.00270. The fourth-order valence-corrected chi connectivity index (χ4v) is 3.63. The van der Waals surface area contributed by atoms with Gasteiger partial charge in [0.1, 0.15) is 23.1 Å². The number of aromatic nitrogens is 3. The van der Waals surface area contributed by atoms with E-state index in [0.29, 0.717) is 11.3 Å². The van der Waals surface area contributed by atoms with Crippen molar-refractivity contribution in [1.29, 1.82) is 0 Å². The molecule has 0 aliphatic heterocycles. The van der Waals surface area contributed by atoms with Crippen LogP contribution in [0, 0.1) is 5.82 Å². The van der Waals surface area contributed by atoms with Crippen LogP contribution in [0.25, 0.3) is 16.9 Å². The zero-order valence-corrected chi connectivity index (χ0v) is 20.8. The Balaban J connectivity index is 1.68. The lowest BCUT2D eigenvalue weighted by atomic mass is 10.1. The summed E-state index contributed by atoms with van der Waals surface area (Å²) in [6.07, 6.45) is 0. The first-order valence-electron chi connectivity index (χ1n) is 11.2. The van der Waals surface area contributed by atoms with Crippen LogP contribution in [0.3, 0.4) is 0 Å². The lowest BCUT2D eigenvalue weighted by Crippen LogP contribution is -2.38. The summed E-state index contributed by atoms with van der Waals surface area (Å²) in [6, 6.07) is 17.2. The SMILES string of the molecule is CC(C)(O)CNC(=O)c1cc(NC(=O)c2cc(-c3nc(N)ccc3F)ccc2Cl)n(-c2ccccc2)n1. The van der Waals surface area contributed by atoms with Crippen LogP contribution in [0.2, 0.25) is 5.02 Å². The molecule has 0 atom stereocenters. The number of amides is 2. The Morgan fingerprint density at radius 1 is 1.08 bits per heavy atom. The topological polar surface area (TPSA) is 135 Å². The zero-order chi connectivity index (χ0) is 26.7. The number of nitrogens with zero attached hydrogens (tertiary/aromatic N) is 3. The van der Waals surface area contributed by atoms with Gasteiger partial charge in [-0.1, -0.05) is 35.9 Å². The monoisotopic (exact) mass is 522 g/mol. The van der Waals surface area contributed by atoms with Crippen molar-refractivity contribution in [1.82, 2.24) is 20.1 Å². The number of nitrogens with one attached hydrogen (secondary N) is 2. The molecular formula is C26H24ClFN6O3. The summed E-state index contributed by atoms with van der Waals surface area (Å²) in [7, 11) is 0. The highest BCUT2D eigenvalue weighted by Crippen LogP contribution is 2.28. The number of aliphatic hydroxyl groups is 1. The minimum atomic E-state index is -1.12. The van der Waals surface area contributed by atoms with Crippen LogP contribution in [0.5, 0.6) is 0 Å². The Labute approximate surface area is 217 Å². The summed E-state index contributed by atoms with van der Waals surface area (Å²) in [4.78, 5) is 30.0. The van der Waals surface area contributed by atoms with Crippen LogP contribution in [-0.4, -0.2) is 43.8 Å². The van der Waals surface area contributed by atoms with Crippen molar-refractivity contribution in [3.05, 3.63) is 88.8 Å². The lowest BCUT2D eigenvalue weighted by Gasteiger charge is -2.16. The third-order valence-corrected chi connectivity index (χ3v) is 5.55. The Bertz CT molecular complexity index is 1470. The molecule has 0 aliphatic carbocycles. The van der Waals surface area contributed by atoms with E-state index >= 15 is 0 Å². The number of para-hydroxylation sites is 1. The van der Waals surface area contributed by atoms with Gasteiger partial charge < -0.3 is 21.5 Å². The molecular weight excluding hydrogens is 499 g/mol. The van der Waals surface area contributed by atoms with Gasteiger partial charge in [-0.25, -0.2) is 14.1 Å². The molecule has 0 spiro atoms. The highest BCUT2D eigenvalue weighted by Gasteiger charge is 2.21. The first-order valence-corrected chi connectivity index (χ1v) is 11.6. The van der Waals surface area contributed by atoms with Gasteiger partial charge in [0.25, 0.3) is 11.8 Å². The van der Waals surface area contributed by atoms with Crippen molar-refractivity contribution in [2.75, 3.05) is 17.6 Å². The standard InChI is InChI=1S/C26H24ClFN6O3/c1-26(2,37)14-30-25(36)20-13-22(34(33-20)16-6-4-3-5-7-16)32-24(35)17-12-15(8-9-18(17)27)23-19(28)10-11-21(29)31-23/h3-13,37H,14H2,1-2H3,(H2,29,31)(H,30,36)(H,32,35). The normalized spacial score (nSPS) is 11.3. The van der Waals surface area contributed by atoms with Gasteiger partial charge in [-0.3, -0.25) is 9.59 Å². The Kier molecular flexibility index (Phi) is 7.23. The maximum Gasteiger partial charge on any atom is 0.271 e. The van der Waals surface area contributed by atoms with Crippen molar-refractivity contribution < 1.29 is 19.1 Å². The fourth-order valence-electron chi connectivity index (χ4n) is 3.42. The van der Waals surface area contributed by atoms with Gasteiger partial charge in [-0.05, 0) is 50.2 Å². The molecule has 5 N–H and O–H groups in total. The molecule has 2 aromatic heterocycles. The maximum atomic E-state index is 14.4. The molecule has 0 unspecified atom stereocenters. The highest BCUT2D eigenvalue weighted by atomic mass is 35.5. The number of hydrogen-bond acceptors (Lipinski definition) is 6. The third kappa shape index (κ3) is 6.11. The summed E-state index contributed by atoms with van der Waals surface area (Å²) in [5.41, 5.74) is 5.53. The molecule has 0 aliphatic rings. The predicted molar refractivity (Wildman–Crippen MR) is 139 cm³/mol. The fraction of sp³-hybridized carbons (Fsp3) is 0.154. The second-order valence-corrected chi connectivity index (χ2v) is 9.28. The van der Waals surface area contributed by atoms with Gasteiger partial charge in [0, 0.05) is 18.2 Å². The average molecular weight is 523 g/mol. The van der Waals surface area contributed by atoms with Gasteiger partial charge in [0.05, 0.1) is 21.9 Å². The molecule has 4 aromatic rings. The van der Waals surface area contributed by atoms with E-state index in [1.807, 2.05) is 6.07 Å². The van der Waals surface area contributed by atoms with E-state index in [0.717, 1.165) is 0 Å². The molecule has 0 fully saturated rings. The molecule has 0 radical (unpaired) electrons.